The van der Waals surface area contributed by atoms with Gasteiger partial charge in [-0.2, -0.15) is 0 Å². The first-order valence-corrected chi connectivity index (χ1v) is 6.99. The molecule has 0 bridgehead atoms. The van der Waals surface area contributed by atoms with Gasteiger partial charge in [0.25, 0.3) is 5.69 Å². The van der Waals surface area contributed by atoms with E-state index in [1.54, 1.807) is 51.3 Å². The molecular formula is C16H15N3O4. The molecule has 0 saturated heterocycles. The van der Waals surface area contributed by atoms with Crippen molar-refractivity contribution in [2.24, 2.45) is 9.98 Å². The summed E-state index contributed by atoms with van der Waals surface area (Å²) in [5.74, 6) is 1.74. The van der Waals surface area contributed by atoms with Crippen molar-refractivity contribution in [1.29, 1.82) is 0 Å². The average molecular weight is 313 g/mol. The van der Waals surface area contributed by atoms with Crippen LogP contribution in [0.25, 0.3) is 0 Å². The van der Waals surface area contributed by atoms with E-state index >= 15 is 0 Å². The van der Waals surface area contributed by atoms with Crippen molar-refractivity contribution in [2.75, 3.05) is 7.11 Å². The van der Waals surface area contributed by atoms with Crippen molar-refractivity contribution in [3.8, 4) is 17.2 Å². The summed E-state index contributed by atoms with van der Waals surface area (Å²) in [5.41, 5.74) is -0.816. The highest BCUT2D eigenvalue weighted by molar-refractivity contribution is 5.40. The molecule has 1 aliphatic heterocycles. The monoisotopic (exact) mass is 313 g/mol. The average Bonchev–Trinajstić information content (AvgIpc) is 2.83. The second-order valence-corrected chi connectivity index (χ2v) is 5.53. The van der Waals surface area contributed by atoms with Crippen LogP contribution in [-0.2, 0) is 0 Å². The van der Waals surface area contributed by atoms with Crippen LogP contribution in [0.1, 0.15) is 13.8 Å². The molecule has 0 spiro atoms. The number of benzene rings is 2. The van der Waals surface area contributed by atoms with E-state index < -0.39 is 10.6 Å². The van der Waals surface area contributed by atoms with E-state index in [0.29, 0.717) is 22.6 Å². The van der Waals surface area contributed by atoms with Gasteiger partial charge in [-0.05, 0) is 44.2 Å². The zero-order chi connectivity index (χ0) is 16.6. The first-order chi connectivity index (χ1) is 10.9. The molecule has 3 rings (SSSR count). The Labute approximate surface area is 132 Å². The number of methoxy groups -OCH3 is 1. The minimum Gasteiger partial charge on any atom is -0.497 e. The fourth-order valence-corrected chi connectivity index (χ4v) is 2.34. The summed E-state index contributed by atoms with van der Waals surface area (Å²) in [6.45, 7) is 3.57. The maximum Gasteiger partial charge on any atom is 0.296 e. The van der Waals surface area contributed by atoms with Crippen LogP contribution in [0.15, 0.2) is 46.4 Å². The minimum absolute atomic E-state index is 0.0728. The van der Waals surface area contributed by atoms with Crippen LogP contribution in [0.2, 0.25) is 0 Å². The molecule has 0 aliphatic carbocycles. The summed E-state index contributed by atoms with van der Waals surface area (Å²) in [4.78, 5) is 19.5. The third-order valence-electron chi connectivity index (χ3n) is 3.35. The summed E-state index contributed by atoms with van der Waals surface area (Å²) in [6.07, 6.45) is 0. The standard InChI is InChI=1S/C16H15N3O4/c1-16(2)17-14-12(19(20)21)8-9-13(15(14)18-16)23-11-6-4-10(22-3)5-7-11/h4-9H,1-3H3. The minimum atomic E-state index is -0.744. The van der Waals surface area contributed by atoms with Gasteiger partial charge in [-0.3, -0.25) is 10.1 Å². The smallest absolute Gasteiger partial charge is 0.296 e. The van der Waals surface area contributed by atoms with Crippen molar-refractivity contribution in [3.05, 3.63) is 57.2 Å². The summed E-state index contributed by atoms with van der Waals surface area (Å²) in [7, 11) is 1.58. The maximum absolute atomic E-state index is 11.2. The Morgan fingerprint density at radius 2 is 1.61 bits per heavy atom. The summed E-state index contributed by atoms with van der Waals surface area (Å²) >= 11 is 0. The van der Waals surface area contributed by atoms with Crippen molar-refractivity contribution in [2.45, 2.75) is 19.5 Å². The molecule has 1 aliphatic rings. The van der Waals surface area contributed by atoms with Crippen LogP contribution in [0.5, 0.6) is 17.2 Å². The molecule has 0 saturated carbocycles. The number of nitro groups is 1. The zero-order valence-electron chi connectivity index (χ0n) is 12.9. The molecule has 0 radical (unpaired) electrons. The quantitative estimate of drug-likeness (QED) is 0.640. The molecule has 0 fully saturated rings. The number of nitro benzene ring substituents is 1. The molecule has 2 aromatic rings. The van der Waals surface area contributed by atoms with Gasteiger partial charge in [0.1, 0.15) is 22.5 Å². The first kappa shape index (κ1) is 15.0. The Bertz CT molecular complexity index is 889. The van der Waals surface area contributed by atoms with Crippen molar-refractivity contribution in [1.82, 2.24) is 0 Å². The number of fused-ring (bicyclic) bond motifs is 1. The van der Waals surface area contributed by atoms with Gasteiger partial charge in [0, 0.05) is 6.07 Å². The second kappa shape index (κ2) is 5.35. The van der Waals surface area contributed by atoms with Crippen LogP contribution < -0.4 is 20.2 Å². The van der Waals surface area contributed by atoms with Gasteiger partial charge in [0.05, 0.1) is 12.0 Å². The molecule has 7 nitrogen and oxygen atoms in total. The Balaban J connectivity index is 2.07. The molecule has 0 aromatic heterocycles. The lowest BCUT2D eigenvalue weighted by atomic mass is 10.2. The highest BCUT2D eigenvalue weighted by atomic mass is 16.6. The fourth-order valence-electron chi connectivity index (χ4n) is 2.34. The number of ether oxygens (including phenoxy) is 2. The van der Waals surface area contributed by atoms with Gasteiger partial charge in [-0.1, -0.05) is 0 Å². The summed E-state index contributed by atoms with van der Waals surface area (Å²) in [5, 5.41) is 11.8. The molecule has 0 N–H and O–H groups in total. The lowest BCUT2D eigenvalue weighted by Gasteiger charge is -2.08. The van der Waals surface area contributed by atoms with Gasteiger partial charge in [-0.15, -0.1) is 0 Å². The lowest BCUT2D eigenvalue weighted by molar-refractivity contribution is -0.386. The topological polar surface area (TPSA) is 86.3 Å². The van der Waals surface area contributed by atoms with E-state index in [0.717, 1.165) is 0 Å². The number of nitrogens with zero attached hydrogens (tertiary/aromatic N) is 3. The predicted octanol–water partition coefficient (Wildman–Crippen LogP) is 2.38. The molecule has 0 atom stereocenters. The van der Waals surface area contributed by atoms with Gasteiger partial charge in [0.15, 0.2) is 11.1 Å². The van der Waals surface area contributed by atoms with Crippen molar-refractivity contribution >= 4 is 5.69 Å². The lowest BCUT2D eigenvalue weighted by Crippen LogP contribution is -2.26. The Hall–Kier alpha value is -2.96. The largest absolute Gasteiger partial charge is 0.497 e. The first-order valence-electron chi connectivity index (χ1n) is 6.99. The Kier molecular flexibility index (Phi) is 3.48. The third-order valence-corrected chi connectivity index (χ3v) is 3.35. The fraction of sp³-hybridized carbons (Fsp3) is 0.250. The molecule has 0 unspecified atom stereocenters. The molecular weight excluding hydrogens is 298 g/mol. The van der Waals surface area contributed by atoms with E-state index in [1.165, 1.54) is 6.07 Å². The van der Waals surface area contributed by atoms with Gasteiger partial charge in [0.2, 0.25) is 0 Å². The second-order valence-electron chi connectivity index (χ2n) is 5.53. The van der Waals surface area contributed by atoms with E-state index in [4.69, 9.17) is 9.47 Å². The van der Waals surface area contributed by atoms with Crippen LogP contribution in [0, 0.1) is 10.1 Å². The summed E-state index contributed by atoms with van der Waals surface area (Å²) < 4.78 is 10.9. The Morgan fingerprint density at radius 1 is 1.00 bits per heavy atom. The van der Waals surface area contributed by atoms with Crippen LogP contribution in [-0.4, -0.2) is 17.7 Å². The van der Waals surface area contributed by atoms with Crippen LogP contribution in [0.4, 0.5) is 5.69 Å². The highest BCUT2D eigenvalue weighted by Crippen LogP contribution is 2.23. The summed E-state index contributed by atoms with van der Waals surface area (Å²) in [6, 6.07) is 9.98. The molecule has 0 amide bonds. The zero-order valence-corrected chi connectivity index (χ0v) is 12.9. The van der Waals surface area contributed by atoms with E-state index in [9.17, 15) is 10.1 Å². The third kappa shape index (κ3) is 2.85. The SMILES string of the molecule is COc1ccc(Oc2ccc([N+](=O)[O-])c3c2=NC(C)(C)N=3)cc1. The molecule has 1 heterocycles. The molecule has 23 heavy (non-hydrogen) atoms. The molecule has 2 aromatic carbocycles. The van der Waals surface area contributed by atoms with E-state index in [1.807, 2.05) is 0 Å². The van der Waals surface area contributed by atoms with Crippen molar-refractivity contribution in [3.63, 3.8) is 0 Å². The number of hydrogen-bond acceptors (Lipinski definition) is 6. The number of non-ortho nitro benzene ring substituents is 1. The molecule has 118 valence electrons. The van der Waals surface area contributed by atoms with Crippen LogP contribution >= 0.6 is 0 Å². The maximum atomic E-state index is 11.2. The number of hydrogen-bond donors (Lipinski definition) is 0. The molecule has 7 heteroatoms. The number of rotatable bonds is 4. The van der Waals surface area contributed by atoms with Crippen molar-refractivity contribution < 1.29 is 14.4 Å². The van der Waals surface area contributed by atoms with Gasteiger partial charge >= 0.3 is 0 Å². The normalized spacial score (nSPS) is 14.4. The highest BCUT2D eigenvalue weighted by Gasteiger charge is 2.26. The predicted molar refractivity (Wildman–Crippen MR) is 82.6 cm³/mol. The van der Waals surface area contributed by atoms with Gasteiger partial charge in [-0.25, -0.2) is 9.98 Å². The van der Waals surface area contributed by atoms with E-state index in [-0.39, 0.29) is 11.0 Å². The van der Waals surface area contributed by atoms with Gasteiger partial charge < -0.3 is 9.47 Å². The van der Waals surface area contributed by atoms with E-state index in [2.05, 4.69) is 9.98 Å². The van der Waals surface area contributed by atoms with Crippen LogP contribution in [0.3, 0.4) is 0 Å². The Morgan fingerprint density at radius 3 is 2.22 bits per heavy atom.